The van der Waals surface area contributed by atoms with Crippen LogP contribution in [0.2, 0.25) is 0 Å². The third-order valence-electron chi connectivity index (χ3n) is 2.64. The molecule has 0 unspecified atom stereocenters. The average molecular weight is 416 g/mol. The number of thiol groups is 2. The average Bonchev–Trinajstić information content (AvgIpc) is 2.42. The minimum Gasteiger partial charge on any atom is -0.480 e. The van der Waals surface area contributed by atoms with Gasteiger partial charge in [0.25, 0.3) is 0 Å². The number of hydrogen-bond acceptors (Lipinski definition) is 9. The van der Waals surface area contributed by atoms with Gasteiger partial charge in [-0.1, -0.05) is 6.92 Å². The molecule has 0 saturated carbocycles. The van der Waals surface area contributed by atoms with Crippen molar-refractivity contribution in [2.75, 3.05) is 39.3 Å². The molecule has 0 aromatic heterocycles. The van der Waals surface area contributed by atoms with E-state index in [2.05, 4.69) is 25.3 Å². The predicted molar refractivity (Wildman–Crippen MR) is 96.6 cm³/mol. The van der Waals surface area contributed by atoms with Crippen molar-refractivity contribution >= 4 is 49.1 Å². The molecule has 0 atom stereocenters. The summed E-state index contributed by atoms with van der Waals surface area (Å²) >= 11 is 7.35. The molecule has 0 bridgehead atoms. The second kappa shape index (κ2) is 13.6. The van der Waals surface area contributed by atoms with Crippen molar-refractivity contribution in [1.82, 2.24) is 9.80 Å². The van der Waals surface area contributed by atoms with Crippen LogP contribution in [-0.2, 0) is 19.2 Å². The molecule has 0 fully saturated rings. The van der Waals surface area contributed by atoms with Gasteiger partial charge >= 0.3 is 23.9 Å². The van der Waals surface area contributed by atoms with E-state index in [0.717, 1.165) is 9.80 Å². The smallest absolute Gasteiger partial charge is 0.317 e. The van der Waals surface area contributed by atoms with Crippen LogP contribution in [0.5, 0.6) is 0 Å². The molecule has 11 nitrogen and oxygen atoms in total. The zero-order valence-corrected chi connectivity index (χ0v) is 15.9. The molecular weight excluding hydrogens is 392 g/mol. The number of carbonyl (C=O) groups is 4. The molecule has 0 aromatic rings. The molecule has 0 amide bonds. The molecule has 5 N–H and O–H groups in total. The van der Waals surface area contributed by atoms with E-state index in [9.17, 15) is 19.2 Å². The largest absolute Gasteiger partial charge is 0.480 e. The van der Waals surface area contributed by atoms with E-state index < -0.39 is 54.3 Å². The second-order valence-electron chi connectivity index (χ2n) is 5.12. The Bertz CT molecular complexity index is 415. The van der Waals surface area contributed by atoms with Gasteiger partial charge in [0.15, 0.2) is 4.27 Å². The lowest BCUT2D eigenvalue weighted by molar-refractivity contribution is -0.145. The van der Waals surface area contributed by atoms with Gasteiger partial charge < -0.3 is 25.5 Å². The number of nitrogens with zero attached hydrogens (tertiary/aromatic N) is 2. The molecule has 152 valence electrons. The monoisotopic (exact) mass is 416 g/mol. The maximum atomic E-state index is 10.6. The predicted octanol–water partition coefficient (Wildman–Crippen LogP) is -1.17. The van der Waals surface area contributed by atoms with Gasteiger partial charge in [0.05, 0.1) is 26.2 Å². The molecule has 0 heterocycles. The van der Waals surface area contributed by atoms with Crippen LogP contribution in [0.25, 0.3) is 0 Å². The molecular formula is C13H24N2O9S2. The fourth-order valence-electron chi connectivity index (χ4n) is 1.48. The number of rotatable bonds is 12. The standard InChI is InChI=1S/C10H16N2O8.C3H8OS2/c13-7(14)3-11(4-8(15)16)1-2-12(5-9(17)18)6-10(19)20;1-2-3(4,5)6/h1-6H2,(H,13,14)(H,15,16)(H,17,18)(H,19,20);4-6H,2H2,1H3. The summed E-state index contributed by atoms with van der Waals surface area (Å²) < 4.78 is -1.07. The van der Waals surface area contributed by atoms with Crippen LogP contribution in [0, 0.1) is 0 Å². The van der Waals surface area contributed by atoms with Crippen LogP contribution in [0.15, 0.2) is 0 Å². The summed E-state index contributed by atoms with van der Waals surface area (Å²) in [7, 11) is 0. The lowest BCUT2D eigenvalue weighted by Crippen LogP contribution is -2.43. The summed E-state index contributed by atoms with van der Waals surface area (Å²) in [4.78, 5) is 44.4. The van der Waals surface area contributed by atoms with Crippen molar-refractivity contribution in [1.29, 1.82) is 0 Å². The van der Waals surface area contributed by atoms with Gasteiger partial charge in [-0.3, -0.25) is 29.0 Å². The Morgan fingerprint density at radius 2 is 0.923 bits per heavy atom. The maximum Gasteiger partial charge on any atom is 0.317 e. The van der Waals surface area contributed by atoms with Crippen molar-refractivity contribution in [2.24, 2.45) is 0 Å². The van der Waals surface area contributed by atoms with Crippen molar-refractivity contribution < 1.29 is 44.7 Å². The highest BCUT2D eigenvalue weighted by Gasteiger charge is 2.18. The summed E-state index contributed by atoms with van der Waals surface area (Å²) in [6.07, 6.45) is 0.555. The van der Waals surface area contributed by atoms with Crippen LogP contribution < -0.4 is 0 Å². The van der Waals surface area contributed by atoms with Gasteiger partial charge in [-0.25, -0.2) is 0 Å². The number of aliphatic carboxylic acids is 4. The summed E-state index contributed by atoms with van der Waals surface area (Å²) in [5.41, 5.74) is 0. The molecule has 0 aliphatic heterocycles. The van der Waals surface area contributed by atoms with Gasteiger partial charge in [-0.2, -0.15) is 0 Å². The van der Waals surface area contributed by atoms with Crippen LogP contribution in [0.4, 0.5) is 0 Å². The lowest BCUT2D eigenvalue weighted by Gasteiger charge is -2.23. The maximum absolute atomic E-state index is 10.6. The normalized spacial score (nSPS) is 11.0. The zero-order chi connectivity index (χ0) is 20.9. The Labute approximate surface area is 161 Å². The first-order valence-corrected chi connectivity index (χ1v) is 8.15. The Hall–Kier alpha value is -1.54. The van der Waals surface area contributed by atoms with E-state index in [1.807, 2.05) is 0 Å². The number of aliphatic hydroxyl groups is 1. The topological polar surface area (TPSA) is 176 Å². The second-order valence-corrected chi connectivity index (χ2v) is 6.96. The van der Waals surface area contributed by atoms with Crippen LogP contribution >= 0.6 is 25.3 Å². The minimum absolute atomic E-state index is 0.0703. The fraction of sp³-hybridized carbons (Fsp3) is 0.692. The highest BCUT2D eigenvalue weighted by Crippen LogP contribution is 2.17. The van der Waals surface area contributed by atoms with Gasteiger partial charge in [-0.15, -0.1) is 25.3 Å². The SMILES string of the molecule is CCC(O)(S)S.O=C(O)CN(CCN(CC(=O)O)CC(=O)O)CC(=O)O. The van der Waals surface area contributed by atoms with E-state index in [-0.39, 0.29) is 13.1 Å². The summed E-state index contributed by atoms with van der Waals surface area (Å²) in [6, 6.07) is 0. The number of carboxylic acids is 4. The van der Waals surface area contributed by atoms with Crippen molar-refractivity contribution in [3.63, 3.8) is 0 Å². The molecule has 0 saturated heterocycles. The number of hydrogen-bond donors (Lipinski definition) is 7. The summed E-state index contributed by atoms with van der Waals surface area (Å²) in [5, 5.41) is 43.0. The Morgan fingerprint density at radius 3 is 1.04 bits per heavy atom. The molecule has 26 heavy (non-hydrogen) atoms. The van der Waals surface area contributed by atoms with Crippen LogP contribution in [-0.4, -0.2) is 103 Å². The molecule has 0 aliphatic carbocycles. The van der Waals surface area contributed by atoms with E-state index in [0.29, 0.717) is 6.42 Å². The minimum atomic E-state index is -1.23. The molecule has 0 aliphatic rings. The van der Waals surface area contributed by atoms with E-state index >= 15 is 0 Å². The lowest BCUT2D eigenvalue weighted by atomic mass is 10.4. The molecule has 13 heteroatoms. The van der Waals surface area contributed by atoms with Crippen molar-refractivity contribution in [3.8, 4) is 0 Å². The van der Waals surface area contributed by atoms with Crippen molar-refractivity contribution in [3.05, 3.63) is 0 Å². The Morgan fingerprint density at radius 1 is 0.731 bits per heavy atom. The summed E-state index contributed by atoms with van der Waals surface area (Å²) in [6.45, 7) is -0.445. The molecule has 0 spiro atoms. The first-order valence-electron chi connectivity index (χ1n) is 7.25. The third-order valence-corrected chi connectivity index (χ3v) is 3.27. The Kier molecular flexibility index (Phi) is 14.0. The van der Waals surface area contributed by atoms with Gasteiger partial charge in [0, 0.05) is 13.1 Å². The highest BCUT2D eigenvalue weighted by molar-refractivity contribution is 8.00. The van der Waals surface area contributed by atoms with Crippen molar-refractivity contribution in [2.45, 2.75) is 17.6 Å². The quantitative estimate of drug-likeness (QED) is 0.151. The van der Waals surface area contributed by atoms with Gasteiger partial charge in [0.1, 0.15) is 0 Å². The van der Waals surface area contributed by atoms with Crippen LogP contribution in [0.3, 0.4) is 0 Å². The van der Waals surface area contributed by atoms with E-state index in [1.165, 1.54) is 0 Å². The third kappa shape index (κ3) is 20.5. The van der Waals surface area contributed by atoms with Gasteiger partial charge in [-0.05, 0) is 6.42 Å². The first kappa shape index (κ1) is 26.7. The highest BCUT2D eigenvalue weighted by atomic mass is 32.2. The first-order chi connectivity index (χ1) is 11.8. The molecule has 0 aromatic carbocycles. The van der Waals surface area contributed by atoms with E-state index in [1.54, 1.807) is 6.92 Å². The fourth-order valence-corrected chi connectivity index (χ4v) is 1.48. The zero-order valence-electron chi connectivity index (χ0n) is 14.1. The molecule has 0 rings (SSSR count). The molecule has 0 radical (unpaired) electrons. The summed E-state index contributed by atoms with van der Waals surface area (Å²) in [5.74, 6) is -4.91. The van der Waals surface area contributed by atoms with Crippen LogP contribution in [0.1, 0.15) is 13.3 Å². The number of carboxylic acid groups (broad SMARTS) is 4. The Balaban J connectivity index is 0. The van der Waals surface area contributed by atoms with E-state index in [4.69, 9.17) is 25.5 Å². The van der Waals surface area contributed by atoms with Gasteiger partial charge in [0.2, 0.25) is 0 Å².